The van der Waals surface area contributed by atoms with E-state index in [9.17, 15) is 9.59 Å². The van der Waals surface area contributed by atoms with E-state index < -0.39 is 0 Å². The molecule has 1 aromatic heterocycles. The van der Waals surface area contributed by atoms with E-state index in [0.29, 0.717) is 24.4 Å². The van der Waals surface area contributed by atoms with Gasteiger partial charge in [0.05, 0.1) is 23.8 Å². The van der Waals surface area contributed by atoms with Crippen molar-refractivity contribution >= 4 is 29.3 Å². The summed E-state index contributed by atoms with van der Waals surface area (Å²) in [5, 5.41) is 2.89. The third kappa shape index (κ3) is 3.97. The number of furan rings is 1. The lowest BCUT2D eigenvalue weighted by molar-refractivity contribution is -0.116. The first-order chi connectivity index (χ1) is 13.7. The van der Waals surface area contributed by atoms with E-state index in [1.54, 1.807) is 18.6 Å². The SMILES string of the molecule is O=C(NCc1ccoc1)c1ccccc1SCC(=O)N1CCc2ccccc21. The Kier molecular flexibility index (Phi) is 5.48. The lowest BCUT2D eigenvalue weighted by Crippen LogP contribution is -2.30. The smallest absolute Gasteiger partial charge is 0.252 e. The Morgan fingerprint density at radius 1 is 1.07 bits per heavy atom. The summed E-state index contributed by atoms with van der Waals surface area (Å²) in [6.45, 7) is 1.11. The number of nitrogens with one attached hydrogen (secondary N) is 1. The van der Waals surface area contributed by atoms with Crippen molar-refractivity contribution in [1.29, 1.82) is 0 Å². The number of carbonyl (C=O) groups excluding carboxylic acids is 2. The molecule has 3 aromatic rings. The van der Waals surface area contributed by atoms with Crippen LogP contribution in [0.4, 0.5) is 5.69 Å². The summed E-state index contributed by atoms with van der Waals surface area (Å²) in [5.41, 5.74) is 3.69. The van der Waals surface area contributed by atoms with Crippen molar-refractivity contribution in [1.82, 2.24) is 5.32 Å². The Hall–Kier alpha value is -2.99. The van der Waals surface area contributed by atoms with E-state index >= 15 is 0 Å². The molecule has 0 saturated heterocycles. The largest absolute Gasteiger partial charge is 0.472 e. The Morgan fingerprint density at radius 2 is 1.89 bits per heavy atom. The zero-order valence-corrected chi connectivity index (χ0v) is 16.1. The maximum atomic E-state index is 12.7. The van der Waals surface area contributed by atoms with Crippen LogP contribution in [0.1, 0.15) is 21.5 Å². The van der Waals surface area contributed by atoms with Crippen LogP contribution in [0.25, 0.3) is 0 Å². The molecule has 0 spiro atoms. The quantitative estimate of drug-likeness (QED) is 0.647. The van der Waals surface area contributed by atoms with E-state index in [1.165, 1.54) is 17.3 Å². The summed E-state index contributed by atoms with van der Waals surface area (Å²) in [4.78, 5) is 27.9. The first-order valence-corrected chi connectivity index (χ1v) is 10.1. The number of thioether (sulfide) groups is 1. The molecule has 5 nitrogen and oxygen atoms in total. The molecule has 2 aromatic carbocycles. The van der Waals surface area contributed by atoms with Crippen molar-refractivity contribution in [2.75, 3.05) is 17.2 Å². The molecule has 142 valence electrons. The normalized spacial score (nSPS) is 12.6. The van der Waals surface area contributed by atoms with Gasteiger partial charge in [0.15, 0.2) is 0 Å². The van der Waals surface area contributed by atoms with Gasteiger partial charge in [-0.3, -0.25) is 9.59 Å². The average Bonchev–Trinajstić information content (AvgIpc) is 3.40. The number of hydrogen-bond donors (Lipinski definition) is 1. The van der Waals surface area contributed by atoms with E-state index in [2.05, 4.69) is 11.4 Å². The van der Waals surface area contributed by atoms with Crippen LogP contribution in [0.2, 0.25) is 0 Å². The third-order valence-electron chi connectivity index (χ3n) is 4.70. The Bertz CT molecular complexity index is 985. The van der Waals surface area contributed by atoms with Gasteiger partial charge in [-0.25, -0.2) is 0 Å². The van der Waals surface area contributed by atoms with E-state index in [-0.39, 0.29) is 11.8 Å². The maximum absolute atomic E-state index is 12.7. The molecule has 0 atom stereocenters. The Balaban J connectivity index is 1.40. The van der Waals surface area contributed by atoms with Gasteiger partial charge in [0, 0.05) is 29.2 Å². The third-order valence-corrected chi connectivity index (χ3v) is 5.76. The van der Waals surface area contributed by atoms with Crippen molar-refractivity contribution in [3.63, 3.8) is 0 Å². The van der Waals surface area contributed by atoms with Crippen LogP contribution in [0.5, 0.6) is 0 Å². The number of benzene rings is 2. The highest BCUT2D eigenvalue weighted by Crippen LogP contribution is 2.29. The van der Waals surface area contributed by atoms with Gasteiger partial charge in [-0.1, -0.05) is 30.3 Å². The Morgan fingerprint density at radius 3 is 2.75 bits per heavy atom. The minimum atomic E-state index is -0.164. The van der Waals surface area contributed by atoms with Crippen molar-refractivity contribution < 1.29 is 14.0 Å². The molecule has 2 heterocycles. The number of fused-ring (bicyclic) bond motifs is 1. The fraction of sp³-hybridized carbons (Fsp3) is 0.182. The number of para-hydroxylation sites is 1. The van der Waals surface area contributed by atoms with Gasteiger partial charge in [-0.05, 0) is 36.2 Å². The summed E-state index contributed by atoms with van der Waals surface area (Å²) >= 11 is 1.40. The zero-order valence-electron chi connectivity index (χ0n) is 15.3. The number of hydrogen-bond acceptors (Lipinski definition) is 4. The molecule has 0 radical (unpaired) electrons. The summed E-state index contributed by atoms with van der Waals surface area (Å²) in [6, 6.07) is 17.2. The monoisotopic (exact) mass is 392 g/mol. The first kappa shape index (κ1) is 18.4. The predicted molar refractivity (Wildman–Crippen MR) is 110 cm³/mol. The molecule has 4 rings (SSSR count). The van der Waals surface area contributed by atoms with Crippen molar-refractivity contribution in [3.05, 3.63) is 83.8 Å². The van der Waals surface area contributed by atoms with Crippen LogP contribution in [0, 0.1) is 0 Å². The van der Waals surface area contributed by atoms with Crippen molar-refractivity contribution in [2.45, 2.75) is 17.9 Å². The van der Waals surface area contributed by atoms with E-state index in [1.807, 2.05) is 47.4 Å². The van der Waals surface area contributed by atoms with Gasteiger partial charge in [-0.2, -0.15) is 0 Å². The molecule has 1 N–H and O–H groups in total. The second-order valence-corrected chi connectivity index (χ2v) is 7.54. The minimum Gasteiger partial charge on any atom is -0.472 e. The second-order valence-electron chi connectivity index (χ2n) is 6.52. The summed E-state index contributed by atoms with van der Waals surface area (Å²) in [6.07, 6.45) is 4.07. The average molecular weight is 392 g/mol. The highest BCUT2D eigenvalue weighted by molar-refractivity contribution is 8.00. The highest BCUT2D eigenvalue weighted by atomic mass is 32.2. The van der Waals surface area contributed by atoms with Crippen LogP contribution in [-0.4, -0.2) is 24.1 Å². The van der Waals surface area contributed by atoms with Gasteiger partial charge >= 0.3 is 0 Å². The topological polar surface area (TPSA) is 62.6 Å². The fourth-order valence-electron chi connectivity index (χ4n) is 3.27. The molecule has 1 aliphatic heterocycles. The molecule has 0 fully saturated rings. The molecule has 1 aliphatic rings. The fourth-order valence-corrected chi connectivity index (χ4v) is 4.19. The number of amides is 2. The molecule has 0 unspecified atom stereocenters. The molecule has 2 amide bonds. The minimum absolute atomic E-state index is 0.0589. The lowest BCUT2D eigenvalue weighted by Gasteiger charge is -2.17. The number of nitrogens with zero attached hydrogens (tertiary/aromatic N) is 1. The van der Waals surface area contributed by atoms with Gasteiger partial charge < -0.3 is 14.6 Å². The predicted octanol–water partition coefficient (Wildman–Crippen LogP) is 3.89. The van der Waals surface area contributed by atoms with Gasteiger partial charge in [-0.15, -0.1) is 11.8 Å². The summed E-state index contributed by atoms with van der Waals surface area (Å²) < 4.78 is 5.02. The summed E-state index contributed by atoms with van der Waals surface area (Å²) in [7, 11) is 0. The van der Waals surface area contributed by atoms with Gasteiger partial charge in [0.2, 0.25) is 5.91 Å². The molecule has 0 bridgehead atoms. The van der Waals surface area contributed by atoms with Crippen LogP contribution >= 0.6 is 11.8 Å². The zero-order chi connectivity index (χ0) is 19.3. The van der Waals surface area contributed by atoms with Crippen LogP contribution in [0.3, 0.4) is 0 Å². The second kappa shape index (κ2) is 8.35. The number of rotatable bonds is 6. The molecule has 28 heavy (non-hydrogen) atoms. The first-order valence-electron chi connectivity index (χ1n) is 9.12. The van der Waals surface area contributed by atoms with E-state index in [0.717, 1.165) is 22.6 Å². The summed E-state index contributed by atoms with van der Waals surface area (Å²) in [5.74, 6) is 0.187. The van der Waals surface area contributed by atoms with Crippen molar-refractivity contribution in [2.24, 2.45) is 0 Å². The maximum Gasteiger partial charge on any atom is 0.252 e. The lowest BCUT2D eigenvalue weighted by atomic mass is 10.2. The number of carbonyl (C=O) groups is 2. The van der Waals surface area contributed by atoms with E-state index in [4.69, 9.17) is 4.42 Å². The molecule has 0 aliphatic carbocycles. The van der Waals surface area contributed by atoms with Crippen LogP contribution in [0.15, 0.2) is 76.4 Å². The highest BCUT2D eigenvalue weighted by Gasteiger charge is 2.24. The molecule has 0 saturated carbocycles. The molecular formula is C22H20N2O3S. The van der Waals surface area contributed by atoms with Crippen LogP contribution < -0.4 is 10.2 Å². The van der Waals surface area contributed by atoms with Crippen molar-refractivity contribution in [3.8, 4) is 0 Å². The molecule has 6 heteroatoms. The molecular weight excluding hydrogens is 372 g/mol. The van der Waals surface area contributed by atoms with Gasteiger partial charge in [0.1, 0.15) is 0 Å². The number of anilines is 1. The van der Waals surface area contributed by atoms with Gasteiger partial charge in [0.25, 0.3) is 5.91 Å². The Labute approximate surface area is 167 Å². The van der Waals surface area contributed by atoms with Crippen LogP contribution in [-0.2, 0) is 17.8 Å². The standard InChI is InChI=1S/C22H20N2O3S/c25-21(24-11-9-17-5-1-3-7-19(17)24)15-28-20-8-4-2-6-18(20)22(26)23-13-16-10-12-27-14-16/h1-8,10,12,14H,9,11,13,15H2,(H,23,26).